The molecule has 0 amide bonds. The summed E-state index contributed by atoms with van der Waals surface area (Å²) in [6.07, 6.45) is -14.0. The van der Waals surface area contributed by atoms with Crippen LogP contribution in [0.2, 0.25) is 0 Å². The third-order valence-corrected chi connectivity index (χ3v) is 1.63. The quantitative estimate of drug-likeness (QED) is 0.760. The topological polar surface area (TPSA) is 22.1 Å². The molecule has 0 bridgehead atoms. The lowest BCUT2D eigenvalue weighted by molar-refractivity contribution is -0.300. The molecule has 1 aromatic heterocycles. The predicted molar refractivity (Wildman–Crippen MR) is 45.2 cm³/mol. The second-order valence-corrected chi connectivity index (χ2v) is 3.09. The van der Waals surface area contributed by atoms with Crippen molar-refractivity contribution in [1.82, 2.24) is 4.98 Å². The van der Waals surface area contributed by atoms with Crippen LogP contribution >= 0.6 is 0 Å². The number of pyridine rings is 1. The number of halogens is 6. The van der Waals surface area contributed by atoms with E-state index in [4.69, 9.17) is 0 Å². The van der Waals surface area contributed by atoms with Crippen molar-refractivity contribution in [3.63, 3.8) is 0 Å². The number of ether oxygens (including phenoxy) is 1. The third kappa shape index (κ3) is 3.79. The van der Waals surface area contributed by atoms with Crippen LogP contribution in [0.25, 0.3) is 0 Å². The summed E-state index contributed by atoms with van der Waals surface area (Å²) in [7, 11) is 0. The Labute approximate surface area is 92.2 Å². The maximum Gasteiger partial charge on any atom is 0.434 e. The van der Waals surface area contributed by atoms with E-state index in [1.54, 1.807) is 0 Å². The van der Waals surface area contributed by atoms with E-state index in [0.717, 1.165) is 12.3 Å². The van der Waals surface area contributed by atoms with Crippen molar-refractivity contribution in [3.8, 4) is 5.88 Å². The van der Waals surface area contributed by atoms with Gasteiger partial charge in [0, 0.05) is 12.3 Å². The standard InChI is InChI=1S/C9H6F6NO/c1-5-2-3-6(16-4-5)17-7(8(10,11)12)9(13,14)15/h2-4,7H,1H2. The van der Waals surface area contributed by atoms with Crippen molar-refractivity contribution in [1.29, 1.82) is 0 Å². The first kappa shape index (κ1) is 13.6. The molecule has 0 aliphatic rings. The van der Waals surface area contributed by atoms with Crippen LogP contribution in [0.5, 0.6) is 5.88 Å². The Morgan fingerprint density at radius 3 is 1.94 bits per heavy atom. The largest absolute Gasteiger partial charge is 0.455 e. The summed E-state index contributed by atoms with van der Waals surface area (Å²) in [5.74, 6) is -0.767. The highest BCUT2D eigenvalue weighted by Crippen LogP contribution is 2.35. The minimum absolute atomic E-state index is 0.341. The van der Waals surface area contributed by atoms with Gasteiger partial charge in [0.1, 0.15) is 0 Å². The summed E-state index contributed by atoms with van der Waals surface area (Å²) in [6.45, 7) is 3.38. The molecule has 0 unspecified atom stereocenters. The number of hydrogen-bond acceptors (Lipinski definition) is 2. The Morgan fingerprint density at radius 1 is 1.06 bits per heavy atom. The number of hydrogen-bond donors (Lipinski definition) is 0. The first-order valence-corrected chi connectivity index (χ1v) is 4.19. The highest BCUT2D eigenvalue weighted by Gasteiger charge is 2.59. The monoisotopic (exact) mass is 258 g/mol. The van der Waals surface area contributed by atoms with Crippen LogP contribution in [-0.2, 0) is 0 Å². The fraction of sp³-hybridized carbons (Fsp3) is 0.333. The van der Waals surface area contributed by atoms with Gasteiger partial charge in [0.15, 0.2) is 0 Å². The smallest absolute Gasteiger partial charge is 0.434 e. The molecule has 0 aliphatic heterocycles. The lowest BCUT2D eigenvalue weighted by Gasteiger charge is -2.23. The second-order valence-electron chi connectivity index (χ2n) is 3.09. The molecule has 1 radical (unpaired) electrons. The number of aromatic nitrogens is 1. The molecule has 8 heteroatoms. The highest BCUT2D eigenvalue weighted by molar-refractivity contribution is 5.20. The van der Waals surface area contributed by atoms with E-state index in [0.29, 0.717) is 5.56 Å². The molecular formula is C9H6F6NO. The highest BCUT2D eigenvalue weighted by atomic mass is 19.4. The fourth-order valence-electron chi connectivity index (χ4n) is 0.921. The number of rotatable bonds is 2. The van der Waals surface area contributed by atoms with E-state index in [9.17, 15) is 26.3 Å². The minimum Gasteiger partial charge on any atom is -0.455 e. The van der Waals surface area contributed by atoms with Gasteiger partial charge in [-0.3, -0.25) is 0 Å². The summed E-state index contributed by atoms with van der Waals surface area (Å²) in [5.41, 5.74) is 0.341. The molecule has 0 fully saturated rings. The summed E-state index contributed by atoms with van der Waals surface area (Å²) in [4.78, 5) is 3.26. The van der Waals surface area contributed by atoms with E-state index in [-0.39, 0.29) is 0 Å². The van der Waals surface area contributed by atoms with Crippen LogP contribution < -0.4 is 4.74 Å². The molecule has 17 heavy (non-hydrogen) atoms. The van der Waals surface area contributed by atoms with Crippen molar-refractivity contribution in [2.45, 2.75) is 18.5 Å². The van der Waals surface area contributed by atoms with Gasteiger partial charge in [-0.1, -0.05) is 6.07 Å². The average Bonchev–Trinajstić information content (AvgIpc) is 2.13. The van der Waals surface area contributed by atoms with Crippen LogP contribution in [-0.4, -0.2) is 23.4 Å². The van der Waals surface area contributed by atoms with Crippen LogP contribution in [0.4, 0.5) is 26.3 Å². The Bertz CT molecular complexity index is 355. The lowest BCUT2D eigenvalue weighted by Crippen LogP contribution is -2.46. The van der Waals surface area contributed by atoms with Gasteiger partial charge in [0.25, 0.3) is 6.10 Å². The zero-order valence-electron chi connectivity index (χ0n) is 8.14. The molecule has 0 aliphatic carbocycles. The molecule has 1 rings (SSSR count). The second kappa shape index (κ2) is 4.42. The molecule has 0 aromatic carbocycles. The molecule has 95 valence electrons. The predicted octanol–water partition coefficient (Wildman–Crippen LogP) is 3.14. The molecule has 0 saturated heterocycles. The van der Waals surface area contributed by atoms with Crippen molar-refractivity contribution < 1.29 is 31.1 Å². The van der Waals surface area contributed by atoms with Gasteiger partial charge in [-0.15, -0.1) is 0 Å². The molecule has 0 spiro atoms. The molecule has 0 N–H and O–H groups in total. The van der Waals surface area contributed by atoms with E-state index < -0.39 is 24.3 Å². The molecule has 1 aromatic rings. The van der Waals surface area contributed by atoms with E-state index in [1.807, 2.05) is 0 Å². The zero-order valence-corrected chi connectivity index (χ0v) is 8.14. The lowest BCUT2D eigenvalue weighted by atomic mass is 10.3. The molecule has 0 saturated carbocycles. The Morgan fingerprint density at radius 2 is 1.59 bits per heavy atom. The van der Waals surface area contributed by atoms with Crippen LogP contribution in [0.3, 0.4) is 0 Å². The van der Waals surface area contributed by atoms with Gasteiger partial charge in [0.2, 0.25) is 5.88 Å². The van der Waals surface area contributed by atoms with Crippen molar-refractivity contribution in [2.24, 2.45) is 0 Å². The SMILES string of the molecule is [CH2]c1ccc(OC(C(F)(F)F)C(F)(F)F)nc1. The Kier molecular flexibility index (Phi) is 3.53. The van der Waals surface area contributed by atoms with Crippen molar-refractivity contribution in [2.75, 3.05) is 0 Å². The Balaban J connectivity index is 2.92. The summed E-state index contributed by atoms with van der Waals surface area (Å²) in [6, 6.07) is 2.07. The Hall–Kier alpha value is -1.47. The van der Waals surface area contributed by atoms with E-state index >= 15 is 0 Å². The average molecular weight is 258 g/mol. The summed E-state index contributed by atoms with van der Waals surface area (Å²) < 4.78 is 76.4. The normalized spacial score (nSPS) is 12.9. The first-order chi connectivity index (χ1) is 7.60. The number of alkyl halides is 6. The molecule has 0 atom stereocenters. The van der Waals surface area contributed by atoms with Crippen molar-refractivity contribution in [3.05, 3.63) is 30.8 Å². The number of nitrogens with zero attached hydrogens (tertiary/aromatic N) is 1. The van der Waals surface area contributed by atoms with Gasteiger partial charge in [-0.2, -0.15) is 26.3 Å². The summed E-state index contributed by atoms with van der Waals surface area (Å²) >= 11 is 0. The first-order valence-electron chi connectivity index (χ1n) is 4.19. The fourth-order valence-corrected chi connectivity index (χ4v) is 0.921. The minimum atomic E-state index is -5.55. The van der Waals surface area contributed by atoms with Gasteiger partial charge >= 0.3 is 12.4 Å². The van der Waals surface area contributed by atoms with E-state index in [2.05, 4.69) is 16.6 Å². The van der Waals surface area contributed by atoms with Gasteiger partial charge in [-0.05, 0) is 12.5 Å². The van der Waals surface area contributed by atoms with Crippen molar-refractivity contribution >= 4 is 0 Å². The molecule has 2 nitrogen and oxygen atoms in total. The van der Waals surface area contributed by atoms with Crippen LogP contribution in [0.1, 0.15) is 5.56 Å². The maximum absolute atomic E-state index is 12.1. The molecular weight excluding hydrogens is 252 g/mol. The van der Waals surface area contributed by atoms with E-state index in [1.165, 1.54) is 6.07 Å². The zero-order chi connectivity index (χ0) is 13.3. The van der Waals surface area contributed by atoms with Crippen LogP contribution in [0, 0.1) is 6.92 Å². The van der Waals surface area contributed by atoms with Gasteiger partial charge in [-0.25, -0.2) is 4.98 Å². The molecule has 1 heterocycles. The van der Waals surface area contributed by atoms with Gasteiger partial charge < -0.3 is 4.74 Å². The van der Waals surface area contributed by atoms with Gasteiger partial charge in [0.05, 0.1) is 0 Å². The third-order valence-electron chi connectivity index (χ3n) is 1.63. The maximum atomic E-state index is 12.1. The van der Waals surface area contributed by atoms with Crippen LogP contribution in [0.15, 0.2) is 18.3 Å². The summed E-state index contributed by atoms with van der Waals surface area (Å²) in [5, 5.41) is 0.